The summed E-state index contributed by atoms with van der Waals surface area (Å²) >= 11 is 7.40. The SMILES string of the molecule is NCc1cccc(Cl)c1Sc1nccc(=O)[nH]1. The molecule has 0 aliphatic carbocycles. The Morgan fingerprint density at radius 3 is 2.94 bits per heavy atom. The van der Waals surface area contributed by atoms with Gasteiger partial charge < -0.3 is 10.7 Å². The summed E-state index contributed by atoms with van der Waals surface area (Å²) in [6, 6.07) is 6.88. The Bertz CT molecular complexity index is 585. The maximum absolute atomic E-state index is 11.2. The number of nitrogens with zero attached hydrogens (tertiary/aromatic N) is 1. The second-order valence-electron chi connectivity index (χ2n) is 3.27. The number of nitrogens with two attached hydrogens (primary N) is 1. The lowest BCUT2D eigenvalue weighted by atomic mass is 10.2. The molecule has 88 valence electrons. The van der Waals surface area contributed by atoms with Crippen LogP contribution in [-0.4, -0.2) is 9.97 Å². The van der Waals surface area contributed by atoms with Crippen molar-refractivity contribution in [1.29, 1.82) is 0 Å². The zero-order valence-electron chi connectivity index (χ0n) is 8.81. The highest BCUT2D eigenvalue weighted by atomic mass is 35.5. The fourth-order valence-corrected chi connectivity index (χ4v) is 2.55. The topological polar surface area (TPSA) is 71.8 Å². The summed E-state index contributed by atoms with van der Waals surface area (Å²) in [6.07, 6.45) is 1.46. The Hall–Kier alpha value is -1.30. The quantitative estimate of drug-likeness (QED) is 0.835. The van der Waals surface area contributed by atoms with Crippen molar-refractivity contribution in [2.75, 3.05) is 0 Å². The molecule has 2 rings (SSSR count). The van der Waals surface area contributed by atoms with Crippen LogP contribution in [0.4, 0.5) is 0 Å². The van der Waals surface area contributed by atoms with Crippen molar-refractivity contribution in [1.82, 2.24) is 9.97 Å². The number of aromatic amines is 1. The normalized spacial score (nSPS) is 10.5. The number of hydrogen-bond acceptors (Lipinski definition) is 4. The largest absolute Gasteiger partial charge is 0.326 e. The highest BCUT2D eigenvalue weighted by Gasteiger charge is 2.09. The highest BCUT2D eigenvalue weighted by molar-refractivity contribution is 7.99. The van der Waals surface area contributed by atoms with E-state index in [4.69, 9.17) is 17.3 Å². The molecule has 0 atom stereocenters. The summed E-state index contributed by atoms with van der Waals surface area (Å²) in [5.41, 5.74) is 6.37. The first kappa shape index (κ1) is 12.2. The van der Waals surface area contributed by atoms with Crippen molar-refractivity contribution in [3.63, 3.8) is 0 Å². The van der Waals surface area contributed by atoms with E-state index in [0.717, 1.165) is 10.5 Å². The molecule has 0 radical (unpaired) electrons. The van der Waals surface area contributed by atoms with Crippen LogP contribution in [0.2, 0.25) is 5.02 Å². The Labute approximate surface area is 107 Å². The standard InChI is InChI=1S/C11H10ClN3OS/c12-8-3-1-2-7(6-13)10(8)17-11-14-5-4-9(16)15-11/h1-5H,6,13H2,(H,14,15,16). The first-order valence-electron chi connectivity index (χ1n) is 4.91. The number of rotatable bonds is 3. The molecule has 1 aromatic heterocycles. The van der Waals surface area contributed by atoms with E-state index in [0.29, 0.717) is 16.7 Å². The van der Waals surface area contributed by atoms with Crippen LogP contribution in [0.25, 0.3) is 0 Å². The molecule has 0 fully saturated rings. The molecule has 1 heterocycles. The van der Waals surface area contributed by atoms with Crippen molar-refractivity contribution >= 4 is 23.4 Å². The average molecular weight is 268 g/mol. The van der Waals surface area contributed by atoms with Gasteiger partial charge in [0.05, 0.1) is 5.02 Å². The summed E-state index contributed by atoms with van der Waals surface area (Å²) < 4.78 is 0. The van der Waals surface area contributed by atoms with Gasteiger partial charge in [0.1, 0.15) is 0 Å². The van der Waals surface area contributed by atoms with E-state index in [1.807, 2.05) is 12.1 Å². The molecule has 3 N–H and O–H groups in total. The number of H-pyrrole nitrogens is 1. The monoisotopic (exact) mass is 267 g/mol. The van der Waals surface area contributed by atoms with Gasteiger partial charge in [-0.15, -0.1) is 0 Å². The highest BCUT2D eigenvalue weighted by Crippen LogP contribution is 2.33. The Balaban J connectivity index is 2.39. The van der Waals surface area contributed by atoms with Crippen LogP contribution >= 0.6 is 23.4 Å². The number of benzene rings is 1. The molecule has 4 nitrogen and oxygen atoms in total. The zero-order chi connectivity index (χ0) is 12.3. The summed E-state index contributed by atoms with van der Waals surface area (Å²) in [5, 5.41) is 1.10. The molecule has 0 aliphatic rings. The predicted molar refractivity (Wildman–Crippen MR) is 68.3 cm³/mol. The van der Waals surface area contributed by atoms with Gasteiger partial charge in [-0.25, -0.2) is 4.98 Å². The lowest BCUT2D eigenvalue weighted by Gasteiger charge is -2.08. The molecular weight excluding hydrogens is 258 g/mol. The van der Waals surface area contributed by atoms with Crippen LogP contribution in [0.3, 0.4) is 0 Å². The molecule has 0 amide bonds. The molecule has 2 aromatic rings. The molecule has 0 aliphatic heterocycles. The van der Waals surface area contributed by atoms with Gasteiger partial charge in [-0.3, -0.25) is 4.79 Å². The van der Waals surface area contributed by atoms with Crippen LogP contribution in [0.15, 0.2) is 45.3 Å². The van der Waals surface area contributed by atoms with Crippen molar-refractivity contribution in [2.45, 2.75) is 16.6 Å². The van der Waals surface area contributed by atoms with Gasteiger partial charge in [0, 0.05) is 23.7 Å². The number of halogens is 1. The molecule has 17 heavy (non-hydrogen) atoms. The van der Waals surface area contributed by atoms with E-state index < -0.39 is 0 Å². The molecule has 0 saturated heterocycles. The van der Waals surface area contributed by atoms with Crippen LogP contribution in [0.5, 0.6) is 0 Å². The van der Waals surface area contributed by atoms with Crippen LogP contribution < -0.4 is 11.3 Å². The predicted octanol–water partition coefficient (Wildman–Crippen LogP) is 2.03. The third-order valence-corrected chi connectivity index (χ3v) is 3.63. The molecule has 0 bridgehead atoms. The van der Waals surface area contributed by atoms with E-state index in [1.165, 1.54) is 24.0 Å². The fraction of sp³-hybridized carbons (Fsp3) is 0.0909. The number of aromatic nitrogens is 2. The van der Waals surface area contributed by atoms with E-state index in [1.54, 1.807) is 6.07 Å². The van der Waals surface area contributed by atoms with Crippen LogP contribution in [0.1, 0.15) is 5.56 Å². The summed E-state index contributed by atoms with van der Waals surface area (Å²) in [7, 11) is 0. The Morgan fingerprint density at radius 2 is 2.24 bits per heavy atom. The van der Waals surface area contributed by atoms with Crippen LogP contribution in [0, 0.1) is 0 Å². The van der Waals surface area contributed by atoms with Gasteiger partial charge in [-0.1, -0.05) is 23.7 Å². The molecule has 6 heteroatoms. The van der Waals surface area contributed by atoms with E-state index in [-0.39, 0.29) is 5.56 Å². The van der Waals surface area contributed by atoms with Gasteiger partial charge in [-0.2, -0.15) is 0 Å². The molecule has 0 unspecified atom stereocenters. The third-order valence-electron chi connectivity index (χ3n) is 2.12. The van der Waals surface area contributed by atoms with E-state index >= 15 is 0 Å². The van der Waals surface area contributed by atoms with Gasteiger partial charge in [0.15, 0.2) is 5.16 Å². The Morgan fingerprint density at radius 1 is 1.41 bits per heavy atom. The average Bonchev–Trinajstić information content (AvgIpc) is 2.32. The molecule has 1 aromatic carbocycles. The molecule has 0 spiro atoms. The summed E-state index contributed by atoms with van der Waals surface area (Å²) in [4.78, 5) is 18.7. The summed E-state index contributed by atoms with van der Waals surface area (Å²) in [5.74, 6) is 0. The lowest BCUT2D eigenvalue weighted by molar-refractivity contribution is 0.933. The summed E-state index contributed by atoms with van der Waals surface area (Å²) in [6.45, 7) is 0.389. The van der Waals surface area contributed by atoms with Crippen molar-refractivity contribution < 1.29 is 0 Å². The third kappa shape index (κ3) is 2.88. The fourth-order valence-electron chi connectivity index (χ4n) is 1.33. The minimum atomic E-state index is -0.191. The first-order chi connectivity index (χ1) is 8.20. The van der Waals surface area contributed by atoms with Gasteiger partial charge in [0.2, 0.25) is 0 Å². The van der Waals surface area contributed by atoms with Crippen molar-refractivity contribution in [2.24, 2.45) is 5.73 Å². The number of hydrogen-bond donors (Lipinski definition) is 2. The van der Waals surface area contributed by atoms with E-state index in [9.17, 15) is 4.79 Å². The molecule has 0 saturated carbocycles. The number of nitrogens with one attached hydrogen (secondary N) is 1. The smallest absolute Gasteiger partial charge is 0.251 e. The molecular formula is C11H10ClN3OS. The second-order valence-corrected chi connectivity index (χ2v) is 4.68. The van der Waals surface area contributed by atoms with Gasteiger partial charge in [-0.05, 0) is 23.4 Å². The zero-order valence-corrected chi connectivity index (χ0v) is 10.4. The first-order valence-corrected chi connectivity index (χ1v) is 6.11. The minimum Gasteiger partial charge on any atom is -0.326 e. The lowest BCUT2D eigenvalue weighted by Crippen LogP contribution is -2.05. The Kier molecular flexibility index (Phi) is 3.83. The van der Waals surface area contributed by atoms with E-state index in [2.05, 4.69) is 9.97 Å². The second kappa shape index (κ2) is 5.35. The van der Waals surface area contributed by atoms with Crippen molar-refractivity contribution in [3.8, 4) is 0 Å². The maximum atomic E-state index is 11.2. The van der Waals surface area contributed by atoms with Gasteiger partial charge in [0.25, 0.3) is 5.56 Å². The maximum Gasteiger partial charge on any atom is 0.251 e. The van der Waals surface area contributed by atoms with Gasteiger partial charge >= 0.3 is 0 Å². The minimum absolute atomic E-state index is 0.191. The van der Waals surface area contributed by atoms with Crippen molar-refractivity contribution in [3.05, 3.63) is 51.4 Å². The van der Waals surface area contributed by atoms with Crippen LogP contribution in [-0.2, 0) is 6.54 Å².